The summed E-state index contributed by atoms with van der Waals surface area (Å²) in [6, 6.07) is 11.7. The number of thioether (sulfide) groups is 1. The van der Waals surface area contributed by atoms with Crippen LogP contribution in [0.3, 0.4) is 0 Å². The SMILES string of the molecule is C[C@@H](SCc1ccco1)C(=O)c1c[nH]c2ccccc12. The Labute approximate surface area is 121 Å². The van der Waals surface area contributed by atoms with Crippen molar-refractivity contribution in [2.45, 2.75) is 17.9 Å². The summed E-state index contributed by atoms with van der Waals surface area (Å²) in [7, 11) is 0. The third-order valence-corrected chi connectivity index (χ3v) is 4.44. The molecule has 3 rings (SSSR count). The summed E-state index contributed by atoms with van der Waals surface area (Å²) in [4.78, 5) is 15.7. The van der Waals surface area contributed by atoms with E-state index in [4.69, 9.17) is 4.42 Å². The predicted molar refractivity (Wildman–Crippen MR) is 82.1 cm³/mol. The van der Waals surface area contributed by atoms with Crippen molar-refractivity contribution in [1.82, 2.24) is 4.98 Å². The fraction of sp³-hybridized carbons (Fsp3) is 0.188. The fourth-order valence-corrected chi connectivity index (χ4v) is 3.03. The number of fused-ring (bicyclic) bond motifs is 1. The molecule has 1 aromatic carbocycles. The first-order valence-electron chi connectivity index (χ1n) is 6.50. The summed E-state index contributed by atoms with van der Waals surface area (Å²) in [6.45, 7) is 1.94. The Hall–Kier alpha value is -1.94. The molecule has 0 unspecified atom stereocenters. The van der Waals surface area contributed by atoms with Gasteiger partial charge in [-0.15, -0.1) is 11.8 Å². The van der Waals surface area contributed by atoms with Gasteiger partial charge in [0.1, 0.15) is 5.76 Å². The summed E-state index contributed by atoms with van der Waals surface area (Å²) < 4.78 is 5.29. The first-order valence-corrected chi connectivity index (χ1v) is 7.55. The highest BCUT2D eigenvalue weighted by Crippen LogP contribution is 2.25. The summed E-state index contributed by atoms with van der Waals surface area (Å²) in [5, 5.41) is 0.891. The number of aromatic amines is 1. The van der Waals surface area contributed by atoms with Crippen LogP contribution in [0.1, 0.15) is 23.0 Å². The Balaban J connectivity index is 1.74. The Morgan fingerprint density at radius 1 is 1.30 bits per heavy atom. The van der Waals surface area contributed by atoms with Gasteiger partial charge >= 0.3 is 0 Å². The number of carbonyl (C=O) groups excluding carboxylic acids is 1. The van der Waals surface area contributed by atoms with Gasteiger partial charge in [0.2, 0.25) is 0 Å². The second-order valence-electron chi connectivity index (χ2n) is 4.64. The lowest BCUT2D eigenvalue weighted by molar-refractivity contribution is 0.0995. The second kappa shape index (κ2) is 5.59. The highest BCUT2D eigenvalue weighted by molar-refractivity contribution is 7.99. The first-order chi connectivity index (χ1) is 9.75. The lowest BCUT2D eigenvalue weighted by Gasteiger charge is -2.08. The number of para-hydroxylation sites is 1. The molecule has 0 aliphatic carbocycles. The molecular weight excluding hydrogens is 270 g/mol. The number of furan rings is 1. The van der Waals surface area contributed by atoms with Crippen molar-refractivity contribution in [2.75, 3.05) is 0 Å². The van der Waals surface area contributed by atoms with Gasteiger partial charge in [-0.3, -0.25) is 4.79 Å². The third-order valence-electron chi connectivity index (χ3n) is 3.28. The Bertz CT molecular complexity index is 715. The van der Waals surface area contributed by atoms with Gasteiger partial charge in [0, 0.05) is 22.7 Å². The van der Waals surface area contributed by atoms with Gasteiger partial charge < -0.3 is 9.40 Å². The molecule has 0 bridgehead atoms. The minimum absolute atomic E-state index is 0.0979. The van der Waals surface area contributed by atoms with Crippen LogP contribution in [-0.2, 0) is 5.75 Å². The van der Waals surface area contributed by atoms with Crippen LogP contribution in [0.4, 0.5) is 0 Å². The highest BCUT2D eigenvalue weighted by Gasteiger charge is 2.19. The summed E-state index contributed by atoms with van der Waals surface area (Å²) >= 11 is 1.59. The molecule has 0 radical (unpaired) electrons. The van der Waals surface area contributed by atoms with Crippen molar-refractivity contribution in [3.63, 3.8) is 0 Å². The van der Waals surface area contributed by atoms with E-state index in [9.17, 15) is 4.79 Å². The Kier molecular flexibility index (Phi) is 3.65. The number of aromatic nitrogens is 1. The number of ketones is 1. The number of hydrogen-bond acceptors (Lipinski definition) is 3. The molecule has 0 saturated heterocycles. The number of hydrogen-bond donors (Lipinski definition) is 1. The average molecular weight is 285 g/mol. The summed E-state index contributed by atoms with van der Waals surface area (Å²) in [5.41, 5.74) is 1.76. The van der Waals surface area contributed by atoms with E-state index in [0.717, 1.165) is 22.2 Å². The number of nitrogens with one attached hydrogen (secondary N) is 1. The smallest absolute Gasteiger partial charge is 0.177 e. The van der Waals surface area contributed by atoms with Gasteiger partial charge in [-0.25, -0.2) is 0 Å². The van der Waals surface area contributed by atoms with Gasteiger partial charge in [0.15, 0.2) is 5.78 Å². The molecule has 0 spiro atoms. The molecule has 0 saturated carbocycles. The summed E-state index contributed by atoms with van der Waals surface area (Å²) in [6.07, 6.45) is 3.46. The zero-order valence-electron chi connectivity index (χ0n) is 11.1. The van der Waals surface area contributed by atoms with Gasteiger partial charge in [-0.2, -0.15) is 0 Å². The summed E-state index contributed by atoms with van der Waals surface area (Å²) in [5.74, 6) is 1.76. The fourth-order valence-electron chi connectivity index (χ4n) is 2.17. The molecule has 2 aromatic heterocycles. The molecule has 20 heavy (non-hydrogen) atoms. The van der Waals surface area contributed by atoms with Crippen molar-refractivity contribution in [1.29, 1.82) is 0 Å². The molecular formula is C16H15NO2S. The first kappa shape index (κ1) is 13.1. The maximum atomic E-state index is 12.5. The number of carbonyl (C=O) groups is 1. The number of rotatable bonds is 5. The van der Waals surface area contributed by atoms with E-state index >= 15 is 0 Å². The minimum Gasteiger partial charge on any atom is -0.468 e. The molecule has 4 heteroatoms. The zero-order chi connectivity index (χ0) is 13.9. The van der Waals surface area contributed by atoms with Gasteiger partial charge in [0.05, 0.1) is 17.3 Å². The van der Waals surface area contributed by atoms with Crippen LogP contribution in [-0.4, -0.2) is 16.0 Å². The number of H-pyrrole nitrogens is 1. The van der Waals surface area contributed by atoms with Crippen molar-refractivity contribution in [2.24, 2.45) is 0 Å². The van der Waals surface area contributed by atoms with E-state index in [1.54, 1.807) is 24.2 Å². The van der Waals surface area contributed by atoms with Crippen LogP contribution in [0.5, 0.6) is 0 Å². The molecule has 102 valence electrons. The lowest BCUT2D eigenvalue weighted by atomic mass is 10.1. The van der Waals surface area contributed by atoms with E-state index in [1.165, 1.54) is 0 Å². The lowest BCUT2D eigenvalue weighted by Crippen LogP contribution is -2.13. The van der Waals surface area contributed by atoms with Crippen LogP contribution >= 0.6 is 11.8 Å². The largest absolute Gasteiger partial charge is 0.468 e. The third kappa shape index (κ3) is 2.51. The van der Waals surface area contributed by atoms with Crippen LogP contribution in [0, 0.1) is 0 Å². The molecule has 0 aliphatic heterocycles. The molecule has 0 amide bonds. The van der Waals surface area contributed by atoms with E-state index in [0.29, 0.717) is 5.75 Å². The zero-order valence-corrected chi connectivity index (χ0v) is 11.9. The monoisotopic (exact) mass is 285 g/mol. The molecule has 2 heterocycles. The van der Waals surface area contributed by atoms with Gasteiger partial charge in [-0.1, -0.05) is 18.2 Å². The highest BCUT2D eigenvalue weighted by atomic mass is 32.2. The maximum Gasteiger partial charge on any atom is 0.177 e. The topological polar surface area (TPSA) is 46.0 Å². The predicted octanol–water partition coefficient (Wildman–Crippen LogP) is 4.27. The standard InChI is InChI=1S/C16H15NO2S/c1-11(20-10-12-5-4-8-19-12)16(18)14-9-17-15-7-3-2-6-13(14)15/h2-9,11,17H,10H2,1H3/t11-/m1/s1. The van der Waals surface area contributed by atoms with Crippen molar-refractivity contribution < 1.29 is 9.21 Å². The molecule has 3 aromatic rings. The normalized spacial score (nSPS) is 12.7. The molecule has 1 atom stereocenters. The molecule has 0 fully saturated rings. The van der Waals surface area contributed by atoms with Crippen LogP contribution < -0.4 is 0 Å². The van der Waals surface area contributed by atoms with Crippen molar-refractivity contribution in [3.8, 4) is 0 Å². The molecule has 3 nitrogen and oxygen atoms in total. The Morgan fingerprint density at radius 3 is 2.95 bits per heavy atom. The van der Waals surface area contributed by atoms with E-state index < -0.39 is 0 Å². The van der Waals surface area contributed by atoms with Crippen LogP contribution in [0.15, 0.2) is 53.3 Å². The van der Waals surface area contributed by atoms with Crippen LogP contribution in [0.25, 0.3) is 10.9 Å². The van der Waals surface area contributed by atoms with Crippen molar-refractivity contribution >= 4 is 28.4 Å². The van der Waals surface area contributed by atoms with E-state index in [2.05, 4.69) is 4.98 Å². The second-order valence-corrected chi connectivity index (χ2v) is 5.97. The quantitative estimate of drug-likeness (QED) is 0.712. The molecule has 0 aliphatic rings. The van der Waals surface area contributed by atoms with Crippen LogP contribution in [0.2, 0.25) is 0 Å². The maximum absolute atomic E-state index is 12.5. The Morgan fingerprint density at radius 2 is 2.15 bits per heavy atom. The minimum atomic E-state index is -0.0979. The van der Waals surface area contributed by atoms with E-state index in [1.807, 2.05) is 43.3 Å². The van der Waals surface area contributed by atoms with Gasteiger partial charge in [0.25, 0.3) is 0 Å². The van der Waals surface area contributed by atoms with Gasteiger partial charge in [-0.05, 0) is 25.1 Å². The number of benzene rings is 1. The molecule has 1 N–H and O–H groups in total. The number of Topliss-reactive ketones (excluding diaryl/α,β-unsaturated/α-hetero) is 1. The van der Waals surface area contributed by atoms with E-state index in [-0.39, 0.29) is 11.0 Å². The average Bonchev–Trinajstić information content (AvgIpc) is 3.13. The van der Waals surface area contributed by atoms with Crippen molar-refractivity contribution in [3.05, 3.63) is 60.2 Å².